The number of anilines is 3. The van der Waals surface area contributed by atoms with Gasteiger partial charge in [0.25, 0.3) is 0 Å². The van der Waals surface area contributed by atoms with Crippen LogP contribution in [0, 0.1) is 0 Å². The second-order valence-corrected chi connectivity index (χ2v) is 10.2. The summed E-state index contributed by atoms with van der Waals surface area (Å²) in [5, 5.41) is 5.60. The highest BCUT2D eigenvalue weighted by Gasteiger charge is 2.20. The summed E-state index contributed by atoms with van der Waals surface area (Å²) in [6.45, 7) is 4.24. The van der Waals surface area contributed by atoms with Crippen LogP contribution in [0.5, 0.6) is 5.75 Å². The molecule has 5 rings (SSSR count). The highest BCUT2D eigenvalue weighted by molar-refractivity contribution is 6.35. The Morgan fingerprint density at radius 1 is 0.838 bits per heavy atom. The molecule has 0 unspecified atom stereocenters. The zero-order chi connectivity index (χ0) is 25.5. The molecule has 2 aromatic carbocycles. The van der Waals surface area contributed by atoms with Crippen LogP contribution >= 0.6 is 23.2 Å². The number of piperidine rings is 2. The Hall–Kier alpha value is -3.10. The molecule has 37 heavy (non-hydrogen) atoms. The maximum atomic E-state index is 6.26. The standard InChI is InChI=1S/C27H31Cl2N7O/c28-22-11-10-21(24(29)17-22)19-37-23-9-7-8-20(16-23)18-30-34-25-31-26(35-12-3-1-4-13-35)33-27(32-25)36-14-5-2-6-15-36/h7-11,16-18H,1-6,12-15,19H2,(H,31,32,33,34)/b30-18-. The molecular formula is C27H31Cl2N7O. The van der Waals surface area contributed by atoms with Crippen molar-refractivity contribution in [2.45, 2.75) is 45.1 Å². The number of benzene rings is 2. The lowest BCUT2D eigenvalue weighted by molar-refractivity contribution is 0.306. The van der Waals surface area contributed by atoms with E-state index in [9.17, 15) is 0 Å². The lowest BCUT2D eigenvalue weighted by Gasteiger charge is -2.30. The topological polar surface area (TPSA) is 78.8 Å². The molecule has 10 heteroatoms. The minimum Gasteiger partial charge on any atom is -0.489 e. The second kappa shape index (κ2) is 12.4. The van der Waals surface area contributed by atoms with Crippen molar-refractivity contribution in [3.8, 4) is 5.75 Å². The summed E-state index contributed by atoms with van der Waals surface area (Å²) in [5.41, 5.74) is 4.78. The van der Waals surface area contributed by atoms with Gasteiger partial charge in [0.15, 0.2) is 0 Å². The van der Waals surface area contributed by atoms with Crippen molar-refractivity contribution in [3.63, 3.8) is 0 Å². The number of aromatic nitrogens is 3. The van der Waals surface area contributed by atoms with Crippen molar-refractivity contribution in [1.82, 2.24) is 15.0 Å². The molecular weight excluding hydrogens is 509 g/mol. The third kappa shape index (κ3) is 7.02. The van der Waals surface area contributed by atoms with Gasteiger partial charge >= 0.3 is 0 Å². The molecule has 2 aliphatic heterocycles. The molecule has 1 N–H and O–H groups in total. The molecule has 1 aromatic heterocycles. The lowest BCUT2D eigenvalue weighted by atomic mass is 10.1. The van der Waals surface area contributed by atoms with E-state index in [0.29, 0.717) is 22.6 Å². The van der Waals surface area contributed by atoms with Gasteiger partial charge in [-0.05, 0) is 68.4 Å². The van der Waals surface area contributed by atoms with Gasteiger partial charge in [-0.25, -0.2) is 5.43 Å². The molecule has 194 valence electrons. The molecule has 0 saturated carbocycles. The van der Waals surface area contributed by atoms with Crippen molar-refractivity contribution >= 4 is 47.3 Å². The Kier molecular flexibility index (Phi) is 8.58. The van der Waals surface area contributed by atoms with Gasteiger partial charge < -0.3 is 14.5 Å². The number of hydrazone groups is 1. The molecule has 2 fully saturated rings. The Labute approximate surface area is 227 Å². The summed E-state index contributed by atoms with van der Waals surface area (Å²) in [4.78, 5) is 18.7. The Balaban J connectivity index is 1.27. The molecule has 8 nitrogen and oxygen atoms in total. The van der Waals surface area contributed by atoms with Gasteiger partial charge in [-0.1, -0.05) is 41.4 Å². The molecule has 0 spiro atoms. The molecule has 2 saturated heterocycles. The van der Waals surface area contributed by atoms with Crippen LogP contribution in [0.15, 0.2) is 47.6 Å². The first-order valence-corrected chi connectivity index (χ1v) is 13.6. The number of rotatable bonds is 8. The number of hydrogen-bond acceptors (Lipinski definition) is 8. The minimum atomic E-state index is 0.345. The van der Waals surface area contributed by atoms with E-state index in [1.165, 1.54) is 12.8 Å². The lowest BCUT2D eigenvalue weighted by Crippen LogP contribution is -2.34. The van der Waals surface area contributed by atoms with Crippen LogP contribution in [0.3, 0.4) is 0 Å². The first kappa shape index (κ1) is 25.5. The van der Waals surface area contributed by atoms with Crippen LogP contribution in [0.4, 0.5) is 17.8 Å². The van der Waals surface area contributed by atoms with E-state index >= 15 is 0 Å². The molecule has 0 aliphatic carbocycles. The van der Waals surface area contributed by atoms with E-state index in [1.807, 2.05) is 30.3 Å². The van der Waals surface area contributed by atoms with Gasteiger partial charge in [-0.15, -0.1) is 0 Å². The van der Waals surface area contributed by atoms with Crippen LogP contribution < -0.4 is 20.0 Å². The highest BCUT2D eigenvalue weighted by atomic mass is 35.5. The van der Waals surface area contributed by atoms with E-state index in [2.05, 4.69) is 30.3 Å². The van der Waals surface area contributed by atoms with Crippen molar-refractivity contribution in [3.05, 3.63) is 63.6 Å². The molecule has 0 radical (unpaired) electrons. The monoisotopic (exact) mass is 539 g/mol. The Morgan fingerprint density at radius 3 is 2.16 bits per heavy atom. The Morgan fingerprint density at radius 2 is 1.51 bits per heavy atom. The normalized spacial score (nSPS) is 16.3. The van der Waals surface area contributed by atoms with Gasteiger partial charge in [0.2, 0.25) is 17.8 Å². The molecule has 3 aromatic rings. The number of halogens is 2. The maximum Gasteiger partial charge on any atom is 0.250 e. The van der Waals surface area contributed by atoms with Crippen molar-refractivity contribution < 1.29 is 4.74 Å². The first-order valence-electron chi connectivity index (χ1n) is 12.9. The fourth-order valence-electron chi connectivity index (χ4n) is 4.52. The van der Waals surface area contributed by atoms with Crippen LogP contribution in [-0.4, -0.2) is 47.3 Å². The first-order chi connectivity index (χ1) is 18.1. The number of nitrogens with one attached hydrogen (secondary N) is 1. The molecule has 0 amide bonds. The predicted octanol–water partition coefficient (Wildman–Crippen LogP) is 6.18. The fraction of sp³-hybridized carbons (Fsp3) is 0.407. The summed E-state index contributed by atoms with van der Waals surface area (Å²) >= 11 is 12.2. The molecule has 2 aliphatic rings. The van der Waals surface area contributed by atoms with Crippen LogP contribution in [-0.2, 0) is 6.61 Å². The number of ether oxygens (including phenoxy) is 1. The van der Waals surface area contributed by atoms with E-state index < -0.39 is 0 Å². The van der Waals surface area contributed by atoms with Crippen LogP contribution in [0.1, 0.15) is 49.7 Å². The third-order valence-corrected chi connectivity index (χ3v) is 7.12. The van der Waals surface area contributed by atoms with Gasteiger partial charge in [0, 0.05) is 41.8 Å². The van der Waals surface area contributed by atoms with E-state index in [0.717, 1.165) is 80.6 Å². The summed E-state index contributed by atoms with van der Waals surface area (Å²) < 4.78 is 5.93. The Bertz CT molecular complexity index is 1190. The van der Waals surface area contributed by atoms with Crippen LogP contribution in [0.2, 0.25) is 10.0 Å². The van der Waals surface area contributed by atoms with Gasteiger partial charge in [-0.2, -0.15) is 20.1 Å². The van der Waals surface area contributed by atoms with E-state index in [-0.39, 0.29) is 0 Å². The van der Waals surface area contributed by atoms with Gasteiger partial charge in [0.05, 0.1) is 6.21 Å². The van der Waals surface area contributed by atoms with Crippen molar-refractivity contribution in [1.29, 1.82) is 0 Å². The van der Waals surface area contributed by atoms with Gasteiger partial charge in [-0.3, -0.25) is 0 Å². The molecule has 0 bridgehead atoms. The zero-order valence-corrected chi connectivity index (χ0v) is 22.3. The number of nitrogens with zero attached hydrogens (tertiary/aromatic N) is 6. The largest absolute Gasteiger partial charge is 0.489 e. The van der Waals surface area contributed by atoms with Crippen LogP contribution in [0.25, 0.3) is 0 Å². The summed E-state index contributed by atoms with van der Waals surface area (Å²) in [6.07, 6.45) is 8.88. The smallest absolute Gasteiger partial charge is 0.250 e. The average molecular weight is 540 g/mol. The van der Waals surface area contributed by atoms with E-state index in [1.54, 1.807) is 18.3 Å². The maximum absolute atomic E-state index is 6.26. The van der Waals surface area contributed by atoms with Crippen molar-refractivity contribution in [2.24, 2.45) is 5.10 Å². The number of hydrogen-bond donors (Lipinski definition) is 1. The quantitative estimate of drug-likeness (QED) is 0.270. The summed E-state index contributed by atoms with van der Waals surface area (Å²) in [7, 11) is 0. The van der Waals surface area contributed by atoms with Gasteiger partial charge in [0.1, 0.15) is 12.4 Å². The average Bonchev–Trinajstić information content (AvgIpc) is 2.94. The third-order valence-electron chi connectivity index (χ3n) is 6.54. The minimum absolute atomic E-state index is 0.345. The predicted molar refractivity (Wildman–Crippen MR) is 150 cm³/mol. The fourth-order valence-corrected chi connectivity index (χ4v) is 4.99. The van der Waals surface area contributed by atoms with Crippen molar-refractivity contribution in [2.75, 3.05) is 41.4 Å². The second-order valence-electron chi connectivity index (χ2n) is 9.32. The SMILES string of the molecule is Clc1ccc(COc2cccc(/C=N\Nc3nc(N4CCCCC4)nc(N4CCCCC4)n3)c2)c(Cl)c1. The van der Waals surface area contributed by atoms with E-state index in [4.69, 9.17) is 32.9 Å². The summed E-state index contributed by atoms with van der Waals surface area (Å²) in [5.74, 6) is 2.63. The molecule has 0 atom stereocenters. The molecule has 3 heterocycles. The zero-order valence-electron chi connectivity index (χ0n) is 20.7. The highest BCUT2D eigenvalue weighted by Crippen LogP contribution is 2.24. The summed E-state index contributed by atoms with van der Waals surface area (Å²) in [6, 6.07) is 13.1.